The molecule has 2 aromatic heterocycles. The van der Waals surface area contributed by atoms with Crippen LogP contribution in [0.15, 0.2) is 39.8 Å². The number of hydrogen-bond acceptors (Lipinski definition) is 6. The van der Waals surface area contributed by atoms with E-state index in [0.29, 0.717) is 23.6 Å². The van der Waals surface area contributed by atoms with E-state index in [4.69, 9.17) is 9.15 Å². The molecule has 0 unspecified atom stereocenters. The lowest BCUT2D eigenvalue weighted by Gasteiger charge is -2.23. The lowest BCUT2D eigenvalue weighted by atomic mass is 9.95. The maximum absolute atomic E-state index is 13.3. The Morgan fingerprint density at radius 3 is 2.61 bits per heavy atom. The van der Waals surface area contributed by atoms with Crippen LogP contribution in [0.4, 0.5) is 5.69 Å². The second kappa shape index (κ2) is 10.0. The Kier molecular flexibility index (Phi) is 6.91. The van der Waals surface area contributed by atoms with Gasteiger partial charge >= 0.3 is 5.97 Å². The number of fused-ring (bicyclic) bond motifs is 1. The molecular formula is C25H29N3O5. The molecule has 2 heterocycles. The van der Waals surface area contributed by atoms with Crippen LogP contribution in [0.25, 0.3) is 11.1 Å². The van der Waals surface area contributed by atoms with Crippen molar-refractivity contribution in [1.82, 2.24) is 9.55 Å². The molecule has 0 radical (unpaired) electrons. The molecule has 3 aromatic rings. The molecule has 174 valence electrons. The molecule has 0 bridgehead atoms. The van der Waals surface area contributed by atoms with Crippen LogP contribution in [0.3, 0.4) is 0 Å². The summed E-state index contributed by atoms with van der Waals surface area (Å²) in [6, 6.07) is 6.55. The zero-order valence-corrected chi connectivity index (χ0v) is 19.1. The summed E-state index contributed by atoms with van der Waals surface area (Å²) in [5, 5.41) is 3.00. The van der Waals surface area contributed by atoms with Crippen LogP contribution < -0.4 is 10.9 Å². The molecule has 0 aliphatic heterocycles. The van der Waals surface area contributed by atoms with Gasteiger partial charge < -0.3 is 14.5 Å². The number of benzene rings is 1. The molecule has 1 aliphatic carbocycles. The number of ether oxygens (including phenoxy) is 1. The van der Waals surface area contributed by atoms with Crippen molar-refractivity contribution in [2.75, 3.05) is 11.9 Å². The van der Waals surface area contributed by atoms with Gasteiger partial charge in [-0.3, -0.25) is 14.2 Å². The smallest absolute Gasteiger partial charge is 0.338 e. The summed E-state index contributed by atoms with van der Waals surface area (Å²) in [7, 11) is 0. The van der Waals surface area contributed by atoms with Gasteiger partial charge in [-0.25, -0.2) is 9.78 Å². The van der Waals surface area contributed by atoms with Crippen molar-refractivity contribution in [3.05, 3.63) is 57.8 Å². The second-order valence-electron chi connectivity index (χ2n) is 8.48. The molecule has 0 saturated heterocycles. The number of nitrogens with one attached hydrogen (secondary N) is 1. The fourth-order valence-electron chi connectivity index (χ4n) is 4.28. The highest BCUT2D eigenvalue weighted by atomic mass is 16.5. The van der Waals surface area contributed by atoms with Crippen molar-refractivity contribution >= 4 is 28.7 Å². The highest BCUT2D eigenvalue weighted by molar-refractivity contribution is 6.12. The number of hydrogen-bond donors (Lipinski definition) is 1. The van der Waals surface area contributed by atoms with Gasteiger partial charge in [-0.05, 0) is 50.5 Å². The lowest BCUT2D eigenvalue weighted by molar-refractivity contribution is 0.0499. The van der Waals surface area contributed by atoms with Crippen molar-refractivity contribution < 1.29 is 18.7 Å². The quantitative estimate of drug-likeness (QED) is 0.400. The topological polar surface area (TPSA) is 103 Å². The van der Waals surface area contributed by atoms with Crippen LogP contribution in [-0.4, -0.2) is 28.0 Å². The first-order valence-corrected chi connectivity index (χ1v) is 11.6. The number of aromatic nitrogens is 2. The number of esters is 1. The Morgan fingerprint density at radius 2 is 1.91 bits per heavy atom. The van der Waals surface area contributed by atoms with Gasteiger partial charge in [0, 0.05) is 11.7 Å². The van der Waals surface area contributed by atoms with Gasteiger partial charge in [0.15, 0.2) is 0 Å². The van der Waals surface area contributed by atoms with Gasteiger partial charge in [-0.2, -0.15) is 0 Å². The Bertz CT molecular complexity index is 1200. The Labute approximate surface area is 192 Å². The molecule has 8 nitrogen and oxygen atoms in total. The highest BCUT2D eigenvalue weighted by Crippen LogP contribution is 2.28. The van der Waals surface area contributed by atoms with E-state index in [9.17, 15) is 14.4 Å². The van der Waals surface area contributed by atoms with Crippen LogP contribution in [0.2, 0.25) is 0 Å². The summed E-state index contributed by atoms with van der Waals surface area (Å²) in [5.74, 6) is -0.512. The first-order chi connectivity index (χ1) is 16.0. The number of aryl methyl sites for hydroxylation is 1. The van der Waals surface area contributed by atoms with Gasteiger partial charge in [-0.15, -0.1) is 0 Å². The van der Waals surface area contributed by atoms with Gasteiger partial charge in [0.05, 0.1) is 17.7 Å². The Morgan fingerprint density at radius 1 is 1.18 bits per heavy atom. The first-order valence-electron chi connectivity index (χ1n) is 11.6. The zero-order chi connectivity index (χ0) is 23.4. The third-order valence-electron chi connectivity index (χ3n) is 6.12. The molecule has 0 spiro atoms. The molecule has 1 fully saturated rings. The summed E-state index contributed by atoms with van der Waals surface area (Å²) in [5.41, 5.74) is 1.01. The van der Waals surface area contributed by atoms with Gasteiger partial charge in [-0.1, -0.05) is 32.6 Å². The van der Waals surface area contributed by atoms with E-state index in [1.165, 1.54) is 12.7 Å². The molecule has 0 atom stereocenters. The first kappa shape index (κ1) is 22.8. The molecule has 1 aromatic carbocycles. The van der Waals surface area contributed by atoms with E-state index in [0.717, 1.165) is 38.5 Å². The maximum Gasteiger partial charge on any atom is 0.338 e. The van der Waals surface area contributed by atoms with E-state index in [-0.39, 0.29) is 28.3 Å². The number of amides is 1. The van der Waals surface area contributed by atoms with Crippen LogP contribution in [0, 0.1) is 6.92 Å². The van der Waals surface area contributed by atoms with E-state index in [2.05, 4.69) is 10.3 Å². The minimum absolute atomic E-state index is 0.0962. The average Bonchev–Trinajstić information content (AvgIpc) is 3.17. The van der Waals surface area contributed by atoms with Crippen molar-refractivity contribution in [3.63, 3.8) is 0 Å². The fraction of sp³-hybridized carbons (Fsp3) is 0.440. The van der Waals surface area contributed by atoms with Gasteiger partial charge in [0.25, 0.3) is 11.5 Å². The largest absolute Gasteiger partial charge is 0.462 e. The predicted molar refractivity (Wildman–Crippen MR) is 125 cm³/mol. The number of rotatable bonds is 7. The molecule has 1 amide bonds. The number of unbranched alkanes of at least 4 members (excludes halogenated alkanes) is 1. The van der Waals surface area contributed by atoms with Crippen LogP contribution in [0.5, 0.6) is 0 Å². The second-order valence-corrected chi connectivity index (χ2v) is 8.48. The standard InChI is InChI=1S/C25H29N3O5/c1-3-4-14-32-25(31)17-10-12-18(13-11-17)27-22(29)20-16(2)33-23-21(20)24(30)28(15-26-23)19-8-6-5-7-9-19/h10-13,15,19H,3-9,14H2,1-2H3,(H,27,29). The fourth-order valence-corrected chi connectivity index (χ4v) is 4.28. The van der Waals surface area contributed by atoms with Gasteiger partial charge in [0.1, 0.15) is 17.5 Å². The molecule has 33 heavy (non-hydrogen) atoms. The number of anilines is 1. The summed E-state index contributed by atoms with van der Waals surface area (Å²) < 4.78 is 12.5. The van der Waals surface area contributed by atoms with E-state index < -0.39 is 11.9 Å². The molecule has 1 N–H and O–H groups in total. The molecule has 1 aliphatic rings. The minimum atomic E-state index is -0.454. The summed E-state index contributed by atoms with van der Waals surface area (Å²) in [6.45, 7) is 4.06. The third-order valence-corrected chi connectivity index (χ3v) is 6.12. The van der Waals surface area contributed by atoms with Crippen molar-refractivity contribution in [2.45, 2.75) is 64.8 Å². The molecular weight excluding hydrogens is 422 g/mol. The summed E-state index contributed by atoms with van der Waals surface area (Å²) in [4.78, 5) is 42.8. The van der Waals surface area contributed by atoms with Gasteiger partial charge in [0.2, 0.25) is 5.71 Å². The normalized spacial score (nSPS) is 14.4. The predicted octanol–water partition coefficient (Wildman–Crippen LogP) is 5.01. The van der Waals surface area contributed by atoms with Crippen molar-refractivity contribution in [1.29, 1.82) is 0 Å². The number of carbonyl (C=O) groups is 2. The molecule has 1 saturated carbocycles. The minimum Gasteiger partial charge on any atom is -0.462 e. The third kappa shape index (κ3) is 4.84. The maximum atomic E-state index is 13.3. The van der Waals surface area contributed by atoms with Crippen LogP contribution >= 0.6 is 0 Å². The SMILES string of the molecule is CCCCOC(=O)c1ccc(NC(=O)c2c(C)oc3ncn(C4CCCCC4)c(=O)c23)cc1. The molecule has 4 rings (SSSR count). The summed E-state index contributed by atoms with van der Waals surface area (Å²) >= 11 is 0. The average molecular weight is 452 g/mol. The van der Waals surface area contributed by atoms with Crippen LogP contribution in [-0.2, 0) is 4.74 Å². The molecule has 8 heteroatoms. The van der Waals surface area contributed by atoms with Crippen molar-refractivity contribution in [3.8, 4) is 0 Å². The monoisotopic (exact) mass is 451 g/mol. The summed E-state index contributed by atoms with van der Waals surface area (Å²) in [6.07, 6.45) is 8.48. The number of carbonyl (C=O) groups excluding carboxylic acids is 2. The highest BCUT2D eigenvalue weighted by Gasteiger charge is 2.25. The zero-order valence-electron chi connectivity index (χ0n) is 19.1. The number of nitrogens with zero attached hydrogens (tertiary/aromatic N) is 2. The van der Waals surface area contributed by atoms with Crippen molar-refractivity contribution in [2.24, 2.45) is 0 Å². The van der Waals surface area contributed by atoms with E-state index in [1.54, 1.807) is 35.8 Å². The van der Waals surface area contributed by atoms with E-state index >= 15 is 0 Å². The number of furan rings is 1. The Hall–Kier alpha value is -3.42. The lowest BCUT2D eigenvalue weighted by Crippen LogP contribution is -2.27. The van der Waals surface area contributed by atoms with E-state index in [1.807, 2.05) is 6.92 Å². The van der Waals surface area contributed by atoms with Crippen LogP contribution in [0.1, 0.15) is 84.4 Å². The Balaban J connectivity index is 1.56.